The van der Waals surface area contributed by atoms with Crippen molar-refractivity contribution in [2.45, 2.75) is 44.9 Å². The summed E-state index contributed by atoms with van der Waals surface area (Å²) in [7, 11) is 3.96. The first-order valence-corrected chi connectivity index (χ1v) is 10.0. The van der Waals surface area contributed by atoms with Gasteiger partial charge in [0.1, 0.15) is 12.4 Å². The summed E-state index contributed by atoms with van der Waals surface area (Å²) in [6, 6.07) is 7.87. The number of nitrogens with zero attached hydrogens (tertiary/aromatic N) is 6. The van der Waals surface area contributed by atoms with Gasteiger partial charge in [0.25, 0.3) is 0 Å². The zero-order valence-electron chi connectivity index (χ0n) is 16.9. The molecular formula is C20H27N7O2. The predicted octanol–water partition coefficient (Wildman–Crippen LogP) is 0.477. The van der Waals surface area contributed by atoms with Crippen molar-refractivity contribution in [2.24, 2.45) is 0 Å². The van der Waals surface area contributed by atoms with Gasteiger partial charge in [0.2, 0.25) is 5.91 Å². The lowest BCUT2D eigenvalue weighted by molar-refractivity contribution is -0.122. The summed E-state index contributed by atoms with van der Waals surface area (Å²) in [6.07, 6.45) is 3.95. The van der Waals surface area contributed by atoms with Crippen LogP contribution in [-0.4, -0.2) is 61.6 Å². The lowest BCUT2D eigenvalue weighted by Crippen LogP contribution is -2.38. The molecule has 29 heavy (non-hydrogen) atoms. The van der Waals surface area contributed by atoms with Crippen molar-refractivity contribution in [3.8, 4) is 0 Å². The van der Waals surface area contributed by atoms with E-state index in [1.54, 1.807) is 20.1 Å². The minimum atomic E-state index is -0.0632. The van der Waals surface area contributed by atoms with Gasteiger partial charge in [-0.15, -0.1) is 0 Å². The van der Waals surface area contributed by atoms with Crippen LogP contribution in [0.3, 0.4) is 0 Å². The molecule has 1 aliphatic heterocycles. The van der Waals surface area contributed by atoms with Crippen molar-refractivity contribution in [2.75, 3.05) is 20.6 Å². The topological polar surface area (TPSA) is 90.0 Å². The molecule has 1 aromatic carbocycles. The maximum absolute atomic E-state index is 12.6. The highest BCUT2D eigenvalue weighted by molar-refractivity contribution is 5.82. The molecule has 2 aromatic heterocycles. The molecule has 1 amide bonds. The molecule has 0 fully saturated rings. The molecule has 1 aliphatic rings. The molecular weight excluding hydrogens is 370 g/mol. The van der Waals surface area contributed by atoms with E-state index in [2.05, 4.69) is 15.5 Å². The van der Waals surface area contributed by atoms with Gasteiger partial charge in [-0.05, 0) is 33.0 Å². The van der Waals surface area contributed by atoms with E-state index < -0.39 is 0 Å². The Bertz CT molecular complexity index is 1060. The Morgan fingerprint density at radius 1 is 1.24 bits per heavy atom. The minimum absolute atomic E-state index is 0.0284. The molecule has 1 N–H and O–H groups in total. The molecule has 0 bridgehead atoms. The molecule has 0 saturated carbocycles. The number of fused-ring (bicyclic) bond motifs is 2. The number of carbonyl (C=O) groups excluding carboxylic acids is 1. The lowest BCUT2D eigenvalue weighted by atomic mass is 10.1. The Kier molecular flexibility index (Phi) is 5.48. The van der Waals surface area contributed by atoms with Gasteiger partial charge in [-0.2, -0.15) is 10.2 Å². The maximum Gasteiger partial charge on any atom is 0.345 e. The number of nitrogens with one attached hydrogen (secondary N) is 1. The summed E-state index contributed by atoms with van der Waals surface area (Å²) in [5, 5.41) is 12.9. The quantitative estimate of drug-likeness (QED) is 0.653. The van der Waals surface area contributed by atoms with Crippen LogP contribution in [-0.2, 0) is 30.8 Å². The Hall–Kier alpha value is -2.94. The smallest absolute Gasteiger partial charge is 0.345 e. The predicted molar refractivity (Wildman–Crippen MR) is 110 cm³/mol. The van der Waals surface area contributed by atoms with Crippen molar-refractivity contribution in [1.82, 2.24) is 34.3 Å². The fourth-order valence-electron chi connectivity index (χ4n) is 3.77. The minimum Gasteiger partial charge on any atom is -0.352 e. The largest absolute Gasteiger partial charge is 0.352 e. The van der Waals surface area contributed by atoms with Gasteiger partial charge in [-0.25, -0.2) is 9.48 Å². The first kappa shape index (κ1) is 19.4. The summed E-state index contributed by atoms with van der Waals surface area (Å²) in [5.74, 6) is 0.746. The molecule has 4 rings (SSSR count). The number of aromatic nitrogens is 5. The molecule has 9 heteroatoms. The molecule has 154 valence electrons. The number of hydrogen-bond donors (Lipinski definition) is 1. The van der Waals surface area contributed by atoms with E-state index in [-0.39, 0.29) is 24.2 Å². The Balaban J connectivity index is 1.36. The van der Waals surface area contributed by atoms with Crippen molar-refractivity contribution >= 4 is 16.8 Å². The van der Waals surface area contributed by atoms with Crippen LogP contribution in [0.4, 0.5) is 0 Å². The maximum atomic E-state index is 12.6. The number of amides is 1. The number of likely N-dealkylation sites (N-methyl/N-ethyl adjacent to an activating group) is 1. The van der Waals surface area contributed by atoms with Crippen molar-refractivity contribution in [1.29, 1.82) is 0 Å². The van der Waals surface area contributed by atoms with Crippen LogP contribution >= 0.6 is 0 Å². The second-order valence-corrected chi connectivity index (χ2v) is 7.83. The molecule has 9 nitrogen and oxygen atoms in total. The van der Waals surface area contributed by atoms with E-state index in [4.69, 9.17) is 0 Å². The van der Waals surface area contributed by atoms with Gasteiger partial charge in [-0.1, -0.05) is 18.2 Å². The third-order valence-corrected chi connectivity index (χ3v) is 5.39. The van der Waals surface area contributed by atoms with Crippen LogP contribution < -0.4 is 11.0 Å². The molecule has 0 aliphatic carbocycles. The second kappa shape index (κ2) is 8.20. The van der Waals surface area contributed by atoms with Crippen molar-refractivity contribution in [3.05, 3.63) is 46.8 Å². The fraction of sp³-hybridized carbons (Fsp3) is 0.500. The van der Waals surface area contributed by atoms with Gasteiger partial charge in [0.15, 0.2) is 0 Å². The lowest BCUT2D eigenvalue weighted by Gasteiger charge is -2.16. The summed E-state index contributed by atoms with van der Waals surface area (Å²) in [4.78, 5) is 27.2. The molecule has 3 aromatic rings. The average molecular weight is 397 g/mol. The third-order valence-electron chi connectivity index (χ3n) is 5.39. The molecule has 1 unspecified atom stereocenters. The number of para-hydroxylation sites is 1. The normalized spacial score (nSPS) is 16.7. The number of carbonyl (C=O) groups is 1. The SMILES string of the molecule is CN(C)CCn1nc2n(c1=O)CCC(NC(=O)Cn1ncc3ccccc31)CC2. The zero-order valence-corrected chi connectivity index (χ0v) is 16.9. The Labute approximate surface area is 168 Å². The van der Waals surface area contributed by atoms with E-state index in [0.29, 0.717) is 19.5 Å². The highest BCUT2D eigenvalue weighted by Gasteiger charge is 2.22. The van der Waals surface area contributed by atoms with Crippen LogP contribution in [0.5, 0.6) is 0 Å². The summed E-state index contributed by atoms with van der Waals surface area (Å²) < 4.78 is 5.02. The second-order valence-electron chi connectivity index (χ2n) is 7.83. The monoisotopic (exact) mass is 397 g/mol. The van der Waals surface area contributed by atoms with Crippen molar-refractivity contribution < 1.29 is 4.79 Å². The number of hydrogen-bond acceptors (Lipinski definition) is 5. The Morgan fingerprint density at radius 3 is 2.90 bits per heavy atom. The first-order chi connectivity index (χ1) is 14.0. The van der Waals surface area contributed by atoms with Gasteiger partial charge < -0.3 is 10.2 Å². The van der Waals surface area contributed by atoms with E-state index in [1.165, 1.54) is 0 Å². The molecule has 0 spiro atoms. The van der Waals surface area contributed by atoms with Crippen LogP contribution in [0.1, 0.15) is 18.7 Å². The number of rotatable bonds is 6. The van der Waals surface area contributed by atoms with Crippen molar-refractivity contribution in [3.63, 3.8) is 0 Å². The number of benzene rings is 1. The number of aryl methyl sites for hydroxylation is 1. The zero-order chi connectivity index (χ0) is 20.4. The van der Waals surface area contributed by atoms with Crippen LogP contribution in [0, 0.1) is 0 Å². The highest BCUT2D eigenvalue weighted by Crippen LogP contribution is 2.14. The van der Waals surface area contributed by atoms with Crippen LogP contribution in [0.2, 0.25) is 0 Å². The molecule has 1 atom stereocenters. The first-order valence-electron chi connectivity index (χ1n) is 10.0. The van der Waals surface area contributed by atoms with E-state index >= 15 is 0 Å². The summed E-state index contributed by atoms with van der Waals surface area (Å²) in [6.45, 7) is 2.12. The van der Waals surface area contributed by atoms with Crippen LogP contribution in [0.15, 0.2) is 35.3 Å². The van der Waals surface area contributed by atoms with Gasteiger partial charge in [0.05, 0.1) is 18.3 Å². The Morgan fingerprint density at radius 2 is 2.07 bits per heavy atom. The average Bonchev–Trinajstić information content (AvgIpc) is 3.16. The third kappa shape index (κ3) is 4.24. The van der Waals surface area contributed by atoms with E-state index in [0.717, 1.165) is 36.1 Å². The molecule has 0 radical (unpaired) electrons. The van der Waals surface area contributed by atoms with Crippen LogP contribution in [0.25, 0.3) is 10.9 Å². The standard InChI is InChI=1S/C20H27N7O2/c1-24(2)11-12-26-20(29)25-10-9-16(7-8-18(25)23-26)22-19(28)14-27-17-6-4-3-5-15(17)13-21-27/h3-6,13,16H,7-12,14H2,1-2H3,(H,22,28). The highest BCUT2D eigenvalue weighted by atomic mass is 16.2. The van der Waals surface area contributed by atoms with E-state index in [9.17, 15) is 9.59 Å². The van der Waals surface area contributed by atoms with Gasteiger partial charge >= 0.3 is 5.69 Å². The summed E-state index contributed by atoms with van der Waals surface area (Å²) in [5.41, 5.74) is 0.888. The van der Waals surface area contributed by atoms with Gasteiger partial charge in [-0.3, -0.25) is 14.0 Å². The molecule has 3 heterocycles. The summed E-state index contributed by atoms with van der Waals surface area (Å²) >= 11 is 0. The molecule has 0 saturated heterocycles. The van der Waals surface area contributed by atoms with Gasteiger partial charge in [0, 0.05) is 30.9 Å². The fourth-order valence-corrected chi connectivity index (χ4v) is 3.77. The van der Waals surface area contributed by atoms with E-state index in [1.807, 2.05) is 43.3 Å².